The number of rotatable bonds is 5. The largest absolute Gasteiger partial charge is 0.452 e. The van der Waals surface area contributed by atoms with E-state index in [-0.39, 0.29) is 11.0 Å². The molecule has 0 aliphatic carbocycles. The molecule has 0 spiro atoms. The predicted octanol–water partition coefficient (Wildman–Crippen LogP) is 5.73. The van der Waals surface area contributed by atoms with Gasteiger partial charge in [-0.2, -0.15) is 0 Å². The highest BCUT2D eigenvalue weighted by Crippen LogP contribution is 2.33. The SMILES string of the molecule is CC(C)(C)c1ccc(NC(=O)COC(=O)c2ccc(N3C(=O)c4cccc5cccc(c45)C3=O)cc2)cc1. The number of nitrogens with zero attached hydrogens (tertiary/aromatic N) is 1. The maximum Gasteiger partial charge on any atom is 0.338 e. The van der Waals surface area contributed by atoms with E-state index in [0.717, 1.165) is 15.8 Å². The molecule has 0 aromatic heterocycles. The normalized spacial score (nSPS) is 13.0. The maximum atomic E-state index is 13.2. The van der Waals surface area contributed by atoms with Gasteiger partial charge in [0.25, 0.3) is 17.7 Å². The minimum atomic E-state index is -0.693. The van der Waals surface area contributed by atoms with Crippen LogP contribution in [0.2, 0.25) is 0 Å². The number of nitrogens with one attached hydrogen (secondary N) is 1. The highest BCUT2D eigenvalue weighted by Gasteiger charge is 2.33. The first-order valence-electron chi connectivity index (χ1n) is 12.2. The van der Waals surface area contributed by atoms with Gasteiger partial charge in [0.15, 0.2) is 6.61 Å². The van der Waals surface area contributed by atoms with Gasteiger partial charge in [-0.3, -0.25) is 14.4 Å². The fourth-order valence-electron chi connectivity index (χ4n) is 4.48. The molecule has 5 rings (SSSR count). The fraction of sp³-hybridized carbons (Fsp3) is 0.161. The van der Waals surface area contributed by atoms with Crippen molar-refractivity contribution in [3.63, 3.8) is 0 Å². The number of hydrogen-bond acceptors (Lipinski definition) is 5. The number of amides is 3. The smallest absolute Gasteiger partial charge is 0.338 e. The van der Waals surface area contributed by atoms with E-state index in [1.807, 2.05) is 24.3 Å². The minimum Gasteiger partial charge on any atom is -0.452 e. The molecule has 4 aromatic rings. The van der Waals surface area contributed by atoms with E-state index < -0.39 is 30.3 Å². The van der Waals surface area contributed by atoms with Gasteiger partial charge in [0.1, 0.15) is 0 Å². The summed E-state index contributed by atoms with van der Waals surface area (Å²) in [5, 5.41) is 4.18. The molecule has 190 valence electrons. The van der Waals surface area contributed by atoms with Crippen LogP contribution in [0, 0.1) is 0 Å². The number of hydrogen-bond donors (Lipinski definition) is 1. The van der Waals surface area contributed by atoms with Crippen molar-refractivity contribution in [1.29, 1.82) is 0 Å². The lowest BCUT2D eigenvalue weighted by Crippen LogP contribution is -2.40. The van der Waals surface area contributed by atoms with Crippen LogP contribution in [0.5, 0.6) is 0 Å². The Morgan fingerprint density at radius 3 is 1.92 bits per heavy atom. The lowest BCUT2D eigenvalue weighted by molar-refractivity contribution is -0.119. The van der Waals surface area contributed by atoms with Gasteiger partial charge in [-0.15, -0.1) is 0 Å². The number of ether oxygens (including phenoxy) is 1. The van der Waals surface area contributed by atoms with Gasteiger partial charge in [-0.1, -0.05) is 57.2 Å². The first-order valence-corrected chi connectivity index (χ1v) is 12.2. The highest BCUT2D eigenvalue weighted by molar-refractivity contribution is 6.35. The summed E-state index contributed by atoms with van der Waals surface area (Å²) in [5.41, 5.74) is 3.16. The Kier molecular flexibility index (Phi) is 6.28. The third kappa shape index (κ3) is 4.66. The molecule has 1 aliphatic rings. The van der Waals surface area contributed by atoms with E-state index >= 15 is 0 Å². The first-order chi connectivity index (χ1) is 18.1. The number of esters is 1. The third-order valence-corrected chi connectivity index (χ3v) is 6.50. The van der Waals surface area contributed by atoms with E-state index in [2.05, 4.69) is 26.1 Å². The topological polar surface area (TPSA) is 92.8 Å². The molecule has 0 radical (unpaired) electrons. The highest BCUT2D eigenvalue weighted by atomic mass is 16.5. The van der Waals surface area contributed by atoms with Crippen molar-refractivity contribution in [2.24, 2.45) is 0 Å². The molecule has 1 heterocycles. The van der Waals surface area contributed by atoms with Gasteiger partial charge in [-0.05, 0) is 64.9 Å². The van der Waals surface area contributed by atoms with E-state index in [1.54, 1.807) is 36.4 Å². The molecule has 38 heavy (non-hydrogen) atoms. The van der Waals surface area contributed by atoms with Crippen LogP contribution in [0.25, 0.3) is 10.8 Å². The molecule has 4 aromatic carbocycles. The quantitative estimate of drug-likeness (QED) is 0.276. The second kappa shape index (κ2) is 9.59. The van der Waals surface area contributed by atoms with Crippen LogP contribution < -0.4 is 10.2 Å². The molecule has 0 unspecified atom stereocenters. The Bertz CT molecular complexity index is 1530. The van der Waals surface area contributed by atoms with Crippen LogP contribution in [-0.2, 0) is 14.9 Å². The lowest BCUT2D eigenvalue weighted by atomic mass is 9.87. The number of anilines is 2. The van der Waals surface area contributed by atoms with Crippen LogP contribution >= 0.6 is 0 Å². The number of carbonyl (C=O) groups excluding carboxylic acids is 4. The standard InChI is InChI=1S/C31H26N2O5/c1-31(2,3)21-12-14-22(15-13-21)32-26(34)18-38-30(37)20-10-16-23(17-11-20)33-28(35)24-8-4-6-19-7-5-9-25(27(19)24)29(33)36/h4-17H,18H2,1-3H3,(H,32,34). The van der Waals surface area contributed by atoms with E-state index in [4.69, 9.17) is 4.74 Å². The molecule has 0 saturated heterocycles. The molecule has 0 bridgehead atoms. The molecule has 7 heteroatoms. The maximum absolute atomic E-state index is 13.2. The van der Waals surface area contributed by atoms with Crippen molar-refractivity contribution < 1.29 is 23.9 Å². The second-order valence-electron chi connectivity index (χ2n) is 10.2. The van der Waals surface area contributed by atoms with E-state index in [1.165, 1.54) is 24.3 Å². The predicted molar refractivity (Wildman–Crippen MR) is 146 cm³/mol. The van der Waals surface area contributed by atoms with Gasteiger partial charge >= 0.3 is 5.97 Å². The number of benzene rings is 4. The minimum absolute atomic E-state index is 0.000708. The summed E-state index contributed by atoms with van der Waals surface area (Å²) in [6.45, 7) is 5.86. The molecule has 7 nitrogen and oxygen atoms in total. The second-order valence-corrected chi connectivity index (χ2v) is 10.2. The summed E-state index contributed by atoms with van der Waals surface area (Å²) in [7, 11) is 0. The summed E-state index contributed by atoms with van der Waals surface area (Å²) >= 11 is 0. The average Bonchev–Trinajstić information content (AvgIpc) is 2.90. The Morgan fingerprint density at radius 2 is 1.37 bits per heavy atom. The zero-order valence-corrected chi connectivity index (χ0v) is 21.3. The van der Waals surface area contributed by atoms with Crippen molar-refractivity contribution in [3.8, 4) is 0 Å². The van der Waals surface area contributed by atoms with Gasteiger partial charge in [0, 0.05) is 22.2 Å². The third-order valence-electron chi connectivity index (χ3n) is 6.50. The molecule has 0 saturated carbocycles. The van der Waals surface area contributed by atoms with Gasteiger partial charge in [0.05, 0.1) is 11.3 Å². The average molecular weight is 507 g/mol. The Hall–Kier alpha value is -4.78. The van der Waals surface area contributed by atoms with Crippen LogP contribution in [0.4, 0.5) is 11.4 Å². The van der Waals surface area contributed by atoms with Gasteiger partial charge in [-0.25, -0.2) is 9.69 Å². The van der Waals surface area contributed by atoms with Crippen molar-refractivity contribution >= 4 is 45.8 Å². The molecule has 0 fully saturated rings. The van der Waals surface area contributed by atoms with Crippen LogP contribution in [0.1, 0.15) is 57.4 Å². The summed E-state index contributed by atoms with van der Waals surface area (Å²) in [5.74, 6) is -2.01. The monoisotopic (exact) mass is 506 g/mol. The number of carbonyl (C=O) groups is 4. The summed E-state index contributed by atoms with van der Waals surface area (Å²) in [6, 6.07) is 24.1. The van der Waals surface area contributed by atoms with Crippen molar-refractivity contribution in [2.45, 2.75) is 26.2 Å². The Labute approximate surface area is 220 Å². The summed E-state index contributed by atoms with van der Waals surface area (Å²) in [4.78, 5) is 52.3. The fourth-order valence-corrected chi connectivity index (χ4v) is 4.48. The van der Waals surface area contributed by atoms with Gasteiger partial charge in [0.2, 0.25) is 0 Å². The van der Waals surface area contributed by atoms with Crippen molar-refractivity contribution in [2.75, 3.05) is 16.8 Å². The Balaban J connectivity index is 1.24. The zero-order valence-electron chi connectivity index (χ0n) is 21.3. The lowest BCUT2D eigenvalue weighted by Gasteiger charge is -2.27. The number of imide groups is 1. The zero-order chi connectivity index (χ0) is 27.0. The van der Waals surface area contributed by atoms with E-state index in [0.29, 0.717) is 27.9 Å². The molecular formula is C31H26N2O5. The van der Waals surface area contributed by atoms with E-state index in [9.17, 15) is 19.2 Å². The Morgan fingerprint density at radius 1 is 0.789 bits per heavy atom. The molecule has 3 amide bonds. The van der Waals surface area contributed by atoms with Crippen LogP contribution in [0.3, 0.4) is 0 Å². The van der Waals surface area contributed by atoms with Gasteiger partial charge < -0.3 is 10.1 Å². The van der Waals surface area contributed by atoms with Crippen LogP contribution in [-0.4, -0.2) is 30.3 Å². The summed E-state index contributed by atoms with van der Waals surface area (Å²) in [6.07, 6.45) is 0. The van der Waals surface area contributed by atoms with Crippen LogP contribution in [0.15, 0.2) is 84.9 Å². The molecule has 1 N–H and O–H groups in total. The van der Waals surface area contributed by atoms with Crippen molar-refractivity contribution in [1.82, 2.24) is 0 Å². The van der Waals surface area contributed by atoms with Crippen molar-refractivity contribution in [3.05, 3.63) is 107 Å². The molecule has 0 atom stereocenters. The first kappa shape index (κ1) is 24.9. The molecule has 1 aliphatic heterocycles. The summed E-state index contributed by atoms with van der Waals surface area (Å²) < 4.78 is 5.15. The molecular weight excluding hydrogens is 480 g/mol.